The fraction of sp³-hybridized carbons (Fsp3) is 0.571. The van der Waals surface area contributed by atoms with Crippen molar-refractivity contribution in [3.05, 3.63) is 23.3 Å². The maximum Gasteiger partial charge on any atom is 0.161 e. The van der Waals surface area contributed by atoms with E-state index in [2.05, 4.69) is 5.32 Å². The van der Waals surface area contributed by atoms with E-state index in [0.717, 1.165) is 12.0 Å². The van der Waals surface area contributed by atoms with Gasteiger partial charge in [0.05, 0.1) is 6.10 Å². The number of phenols is 2. The molecule has 1 aromatic rings. The van der Waals surface area contributed by atoms with E-state index in [1.165, 1.54) is 25.3 Å². The van der Waals surface area contributed by atoms with E-state index in [1.54, 1.807) is 6.07 Å². The van der Waals surface area contributed by atoms with Gasteiger partial charge in [-0.05, 0) is 37.3 Å². The summed E-state index contributed by atoms with van der Waals surface area (Å²) in [5.41, 5.74) is 1.43. The summed E-state index contributed by atoms with van der Waals surface area (Å²) in [6, 6.07) is 3.76. The summed E-state index contributed by atoms with van der Waals surface area (Å²) in [6.07, 6.45) is 4.54. The van der Waals surface area contributed by atoms with Gasteiger partial charge in [-0.15, -0.1) is 0 Å². The molecule has 0 saturated heterocycles. The van der Waals surface area contributed by atoms with Crippen LogP contribution in [0.4, 0.5) is 0 Å². The Morgan fingerprint density at radius 3 is 2.56 bits per heavy atom. The Morgan fingerprint density at radius 2 is 1.89 bits per heavy atom. The highest BCUT2D eigenvalue weighted by atomic mass is 16.3. The van der Waals surface area contributed by atoms with Crippen molar-refractivity contribution in [2.75, 3.05) is 0 Å². The lowest BCUT2D eigenvalue weighted by molar-refractivity contribution is 0.0984. The first-order chi connectivity index (χ1) is 8.66. The summed E-state index contributed by atoms with van der Waals surface area (Å²) in [4.78, 5) is 0. The molecule has 1 aromatic carbocycles. The van der Waals surface area contributed by atoms with Crippen LogP contribution in [0.5, 0.6) is 11.5 Å². The highest BCUT2D eigenvalue weighted by Gasteiger charge is 2.32. The molecule has 0 aliphatic heterocycles. The highest BCUT2D eigenvalue weighted by Crippen LogP contribution is 2.40. The van der Waals surface area contributed by atoms with Gasteiger partial charge in [-0.3, -0.25) is 0 Å². The zero-order valence-corrected chi connectivity index (χ0v) is 10.3. The van der Waals surface area contributed by atoms with Crippen molar-refractivity contribution in [2.24, 2.45) is 0 Å². The lowest BCUT2D eigenvalue weighted by Crippen LogP contribution is -2.46. The molecule has 3 rings (SSSR count). The molecule has 0 heterocycles. The molecule has 4 N–H and O–H groups in total. The number of aliphatic hydroxyl groups is 1. The van der Waals surface area contributed by atoms with Crippen LogP contribution in [-0.4, -0.2) is 27.4 Å². The molecule has 0 radical (unpaired) electrons. The standard InChI is InChI=1S/C14H19NO3/c16-12-7-5-9-10(14(12)18)4-6-11(13(9)17)15-8-2-1-3-8/h5,7-8,11,13,15-18H,1-4,6H2/t11-,13-/m1/s1. The minimum Gasteiger partial charge on any atom is -0.504 e. The van der Waals surface area contributed by atoms with Crippen molar-refractivity contribution in [3.63, 3.8) is 0 Å². The molecule has 0 amide bonds. The van der Waals surface area contributed by atoms with Crippen LogP contribution in [0.15, 0.2) is 12.1 Å². The average molecular weight is 249 g/mol. The monoisotopic (exact) mass is 249 g/mol. The summed E-state index contributed by atoms with van der Waals surface area (Å²) < 4.78 is 0. The SMILES string of the molecule is Oc1ccc2c(c1O)CC[C@@H](NC1CCC1)[C@@H]2O. The molecule has 98 valence electrons. The summed E-state index contributed by atoms with van der Waals surface area (Å²) >= 11 is 0. The Labute approximate surface area is 106 Å². The molecular weight excluding hydrogens is 230 g/mol. The minimum absolute atomic E-state index is 0.0618. The second kappa shape index (κ2) is 4.44. The van der Waals surface area contributed by atoms with E-state index < -0.39 is 6.10 Å². The number of benzene rings is 1. The number of hydrogen-bond acceptors (Lipinski definition) is 4. The second-order valence-electron chi connectivity index (χ2n) is 5.39. The number of nitrogens with one attached hydrogen (secondary N) is 1. The predicted octanol–water partition coefficient (Wildman–Crippen LogP) is 1.59. The normalized spacial score (nSPS) is 27.6. The minimum atomic E-state index is -0.596. The summed E-state index contributed by atoms with van der Waals surface area (Å²) in [7, 11) is 0. The number of rotatable bonds is 2. The number of fused-ring (bicyclic) bond motifs is 1. The first-order valence-electron chi connectivity index (χ1n) is 6.64. The van der Waals surface area contributed by atoms with E-state index in [-0.39, 0.29) is 17.5 Å². The van der Waals surface area contributed by atoms with Crippen LogP contribution in [0, 0.1) is 0 Å². The third-order valence-electron chi connectivity index (χ3n) is 4.26. The number of aliphatic hydroxyl groups excluding tert-OH is 1. The van der Waals surface area contributed by atoms with E-state index >= 15 is 0 Å². The number of hydrogen-bond donors (Lipinski definition) is 4. The molecule has 1 fully saturated rings. The maximum atomic E-state index is 10.3. The molecule has 4 nitrogen and oxygen atoms in total. The van der Waals surface area contributed by atoms with Crippen molar-refractivity contribution in [1.29, 1.82) is 0 Å². The van der Waals surface area contributed by atoms with Crippen LogP contribution < -0.4 is 5.32 Å². The average Bonchev–Trinajstić information content (AvgIpc) is 2.31. The van der Waals surface area contributed by atoms with Crippen molar-refractivity contribution in [1.82, 2.24) is 5.32 Å². The fourth-order valence-corrected chi connectivity index (χ4v) is 2.91. The van der Waals surface area contributed by atoms with Crippen molar-refractivity contribution >= 4 is 0 Å². The van der Waals surface area contributed by atoms with Gasteiger partial charge in [-0.2, -0.15) is 0 Å². The fourth-order valence-electron chi connectivity index (χ4n) is 2.91. The highest BCUT2D eigenvalue weighted by molar-refractivity contribution is 5.51. The first-order valence-corrected chi connectivity index (χ1v) is 6.64. The summed E-state index contributed by atoms with van der Waals surface area (Å²) in [6.45, 7) is 0. The van der Waals surface area contributed by atoms with E-state index in [4.69, 9.17) is 0 Å². The van der Waals surface area contributed by atoms with Gasteiger partial charge < -0.3 is 20.6 Å². The van der Waals surface area contributed by atoms with Crippen molar-refractivity contribution < 1.29 is 15.3 Å². The molecule has 4 heteroatoms. The molecule has 0 unspecified atom stereocenters. The molecule has 18 heavy (non-hydrogen) atoms. The Bertz CT molecular complexity index is 457. The Kier molecular flexibility index (Phi) is 2.92. The lowest BCUT2D eigenvalue weighted by Gasteiger charge is -2.37. The molecular formula is C14H19NO3. The van der Waals surface area contributed by atoms with Crippen molar-refractivity contribution in [2.45, 2.75) is 50.3 Å². The van der Waals surface area contributed by atoms with E-state index in [0.29, 0.717) is 18.0 Å². The molecule has 2 aliphatic carbocycles. The topological polar surface area (TPSA) is 72.7 Å². The van der Waals surface area contributed by atoms with Crippen LogP contribution in [0.25, 0.3) is 0 Å². The molecule has 0 aromatic heterocycles. The van der Waals surface area contributed by atoms with Gasteiger partial charge in [0.1, 0.15) is 0 Å². The zero-order chi connectivity index (χ0) is 12.7. The van der Waals surface area contributed by atoms with Gasteiger partial charge in [0.25, 0.3) is 0 Å². The van der Waals surface area contributed by atoms with Gasteiger partial charge in [0.2, 0.25) is 0 Å². The smallest absolute Gasteiger partial charge is 0.161 e. The van der Waals surface area contributed by atoms with Crippen LogP contribution in [-0.2, 0) is 6.42 Å². The molecule has 0 bridgehead atoms. The quantitative estimate of drug-likeness (QED) is 0.601. The zero-order valence-electron chi connectivity index (χ0n) is 10.3. The maximum absolute atomic E-state index is 10.3. The summed E-state index contributed by atoms with van der Waals surface area (Å²) in [5.74, 6) is -0.181. The molecule has 1 saturated carbocycles. The van der Waals surface area contributed by atoms with Gasteiger partial charge in [0, 0.05) is 17.6 Å². The third-order valence-corrected chi connectivity index (χ3v) is 4.26. The Hall–Kier alpha value is -1.26. The van der Waals surface area contributed by atoms with Crippen molar-refractivity contribution in [3.8, 4) is 11.5 Å². The van der Waals surface area contributed by atoms with Gasteiger partial charge in [0.15, 0.2) is 11.5 Å². The van der Waals surface area contributed by atoms with Gasteiger partial charge in [-0.1, -0.05) is 12.5 Å². The molecule has 2 atom stereocenters. The van der Waals surface area contributed by atoms with E-state index in [9.17, 15) is 15.3 Å². The van der Waals surface area contributed by atoms with Crippen LogP contribution in [0.2, 0.25) is 0 Å². The van der Waals surface area contributed by atoms with Gasteiger partial charge in [-0.25, -0.2) is 0 Å². The number of aromatic hydroxyl groups is 2. The predicted molar refractivity (Wildman–Crippen MR) is 67.6 cm³/mol. The lowest BCUT2D eigenvalue weighted by atomic mass is 9.83. The molecule has 0 spiro atoms. The second-order valence-corrected chi connectivity index (χ2v) is 5.39. The first kappa shape index (κ1) is 11.8. The van der Waals surface area contributed by atoms with Gasteiger partial charge >= 0.3 is 0 Å². The third kappa shape index (κ3) is 1.85. The largest absolute Gasteiger partial charge is 0.504 e. The summed E-state index contributed by atoms with van der Waals surface area (Å²) in [5, 5.41) is 33.1. The van der Waals surface area contributed by atoms with Crippen LogP contribution in [0.3, 0.4) is 0 Å². The Balaban J connectivity index is 1.82. The van der Waals surface area contributed by atoms with E-state index in [1.807, 2.05) is 0 Å². The van der Waals surface area contributed by atoms with Crippen LogP contribution >= 0.6 is 0 Å². The Morgan fingerprint density at radius 1 is 1.11 bits per heavy atom. The number of phenolic OH excluding ortho intramolecular Hbond substituents is 2. The molecule has 2 aliphatic rings. The van der Waals surface area contributed by atoms with Crippen LogP contribution in [0.1, 0.15) is 42.9 Å².